The summed E-state index contributed by atoms with van der Waals surface area (Å²) < 4.78 is 25.3. The van der Waals surface area contributed by atoms with Gasteiger partial charge in [-0.05, 0) is 37.8 Å². The van der Waals surface area contributed by atoms with Crippen molar-refractivity contribution in [3.63, 3.8) is 0 Å². The first kappa shape index (κ1) is 14.3. The Morgan fingerprint density at radius 2 is 2.14 bits per heavy atom. The Kier molecular flexibility index (Phi) is 3.85. The molecule has 2 aliphatic rings. The fourth-order valence-corrected chi connectivity index (χ4v) is 3.40. The van der Waals surface area contributed by atoms with Crippen molar-refractivity contribution in [3.05, 3.63) is 29.6 Å². The lowest BCUT2D eigenvalue weighted by Gasteiger charge is -2.24. The second-order valence-electron chi connectivity index (χ2n) is 5.90. The molecule has 1 spiro atoms. The molecule has 114 valence electrons. The van der Waals surface area contributed by atoms with E-state index >= 15 is 0 Å². The SMILES string of the molecule is O=C(O)c1cccc(F)c1OCC1CCC2(CCCC2)O1. The van der Waals surface area contributed by atoms with E-state index in [9.17, 15) is 9.18 Å². The molecule has 1 aromatic rings. The molecule has 1 aromatic carbocycles. The van der Waals surface area contributed by atoms with Crippen molar-refractivity contribution < 1.29 is 23.8 Å². The Morgan fingerprint density at radius 3 is 2.86 bits per heavy atom. The molecule has 1 saturated heterocycles. The van der Waals surface area contributed by atoms with Crippen LogP contribution in [0.4, 0.5) is 4.39 Å². The number of carbonyl (C=O) groups is 1. The number of rotatable bonds is 4. The van der Waals surface area contributed by atoms with Gasteiger partial charge in [0.1, 0.15) is 12.2 Å². The van der Waals surface area contributed by atoms with Crippen molar-refractivity contribution in [2.75, 3.05) is 6.61 Å². The topological polar surface area (TPSA) is 55.8 Å². The summed E-state index contributed by atoms with van der Waals surface area (Å²) in [5, 5.41) is 9.07. The van der Waals surface area contributed by atoms with Crippen LogP contribution in [0.5, 0.6) is 5.75 Å². The zero-order chi connectivity index (χ0) is 14.9. The number of para-hydroxylation sites is 1. The Bertz CT molecular complexity index is 537. The number of aromatic carboxylic acids is 1. The Labute approximate surface area is 122 Å². The Hall–Kier alpha value is -1.62. The van der Waals surface area contributed by atoms with Gasteiger partial charge in [0.25, 0.3) is 0 Å². The van der Waals surface area contributed by atoms with Gasteiger partial charge < -0.3 is 14.6 Å². The lowest BCUT2D eigenvalue weighted by Crippen LogP contribution is -2.27. The molecule has 4 nitrogen and oxygen atoms in total. The average molecular weight is 294 g/mol. The van der Waals surface area contributed by atoms with Gasteiger partial charge in [0, 0.05) is 0 Å². The smallest absolute Gasteiger partial charge is 0.339 e. The minimum atomic E-state index is -1.19. The summed E-state index contributed by atoms with van der Waals surface area (Å²) in [6.45, 7) is 0.197. The Balaban J connectivity index is 1.65. The molecule has 3 rings (SSSR count). The molecule has 1 heterocycles. The summed E-state index contributed by atoms with van der Waals surface area (Å²) in [7, 11) is 0. The zero-order valence-electron chi connectivity index (χ0n) is 11.8. The summed E-state index contributed by atoms with van der Waals surface area (Å²) in [5.74, 6) is -2.03. The van der Waals surface area contributed by atoms with E-state index in [1.807, 2.05) is 0 Å². The molecule has 2 fully saturated rings. The summed E-state index contributed by atoms with van der Waals surface area (Å²) in [4.78, 5) is 11.1. The predicted octanol–water partition coefficient (Wildman–Crippen LogP) is 3.39. The fraction of sp³-hybridized carbons (Fsp3) is 0.562. The minimum Gasteiger partial charge on any atom is -0.487 e. The molecular formula is C16H19FO4. The number of carboxylic acid groups (broad SMARTS) is 1. The fourth-order valence-electron chi connectivity index (χ4n) is 3.40. The predicted molar refractivity (Wildman–Crippen MR) is 74.2 cm³/mol. The van der Waals surface area contributed by atoms with Crippen LogP contribution < -0.4 is 4.74 Å². The van der Waals surface area contributed by atoms with Crippen LogP contribution in [0.3, 0.4) is 0 Å². The van der Waals surface area contributed by atoms with Gasteiger partial charge in [-0.15, -0.1) is 0 Å². The van der Waals surface area contributed by atoms with E-state index in [1.165, 1.54) is 31.0 Å². The third kappa shape index (κ3) is 2.88. The van der Waals surface area contributed by atoms with Crippen molar-refractivity contribution in [1.82, 2.24) is 0 Å². The van der Waals surface area contributed by atoms with Crippen molar-refractivity contribution in [3.8, 4) is 5.75 Å². The number of hydrogen-bond acceptors (Lipinski definition) is 3. The number of halogens is 1. The molecule has 0 radical (unpaired) electrons. The molecule has 1 saturated carbocycles. The van der Waals surface area contributed by atoms with E-state index in [1.54, 1.807) is 0 Å². The van der Waals surface area contributed by atoms with E-state index in [0.29, 0.717) is 0 Å². The van der Waals surface area contributed by atoms with Gasteiger partial charge in [0.15, 0.2) is 11.6 Å². The molecule has 0 aromatic heterocycles. The highest BCUT2D eigenvalue weighted by molar-refractivity contribution is 5.90. The quantitative estimate of drug-likeness (QED) is 0.924. The van der Waals surface area contributed by atoms with Gasteiger partial charge in [-0.1, -0.05) is 18.9 Å². The first-order valence-corrected chi connectivity index (χ1v) is 7.42. The third-order valence-electron chi connectivity index (χ3n) is 4.46. The highest BCUT2D eigenvalue weighted by atomic mass is 19.1. The number of hydrogen-bond donors (Lipinski definition) is 1. The number of carboxylic acids is 1. The maximum Gasteiger partial charge on any atom is 0.339 e. The van der Waals surface area contributed by atoms with Crippen LogP contribution >= 0.6 is 0 Å². The van der Waals surface area contributed by atoms with E-state index in [0.717, 1.165) is 25.7 Å². The molecular weight excluding hydrogens is 275 g/mol. The van der Waals surface area contributed by atoms with Gasteiger partial charge in [-0.25, -0.2) is 9.18 Å². The van der Waals surface area contributed by atoms with Crippen LogP contribution in [-0.4, -0.2) is 29.4 Å². The molecule has 0 bridgehead atoms. The van der Waals surface area contributed by atoms with Crippen LogP contribution in [-0.2, 0) is 4.74 Å². The van der Waals surface area contributed by atoms with Gasteiger partial charge in [-0.3, -0.25) is 0 Å². The average Bonchev–Trinajstić information content (AvgIpc) is 3.08. The van der Waals surface area contributed by atoms with Crippen molar-refractivity contribution in [2.24, 2.45) is 0 Å². The normalized spacial score (nSPS) is 23.6. The molecule has 1 atom stereocenters. The summed E-state index contributed by atoms with van der Waals surface area (Å²) in [6.07, 6.45) is 6.40. The largest absolute Gasteiger partial charge is 0.487 e. The lowest BCUT2D eigenvalue weighted by molar-refractivity contribution is -0.0513. The molecule has 0 amide bonds. The van der Waals surface area contributed by atoms with Gasteiger partial charge in [0.2, 0.25) is 0 Å². The van der Waals surface area contributed by atoms with Crippen LogP contribution in [0.1, 0.15) is 48.9 Å². The summed E-state index contributed by atoms with van der Waals surface area (Å²) >= 11 is 0. The second-order valence-corrected chi connectivity index (χ2v) is 5.90. The highest BCUT2D eigenvalue weighted by Crippen LogP contribution is 2.43. The molecule has 5 heteroatoms. The maximum absolute atomic E-state index is 13.7. The van der Waals surface area contributed by atoms with Crippen molar-refractivity contribution >= 4 is 5.97 Å². The first-order valence-electron chi connectivity index (χ1n) is 7.42. The molecule has 1 aliphatic heterocycles. The van der Waals surface area contributed by atoms with Gasteiger partial charge in [-0.2, -0.15) is 0 Å². The van der Waals surface area contributed by atoms with Crippen LogP contribution in [0.15, 0.2) is 18.2 Å². The highest BCUT2D eigenvalue weighted by Gasteiger charge is 2.42. The molecule has 1 unspecified atom stereocenters. The van der Waals surface area contributed by atoms with Crippen LogP contribution in [0, 0.1) is 5.82 Å². The Morgan fingerprint density at radius 1 is 1.38 bits per heavy atom. The maximum atomic E-state index is 13.7. The zero-order valence-corrected chi connectivity index (χ0v) is 11.8. The third-order valence-corrected chi connectivity index (χ3v) is 4.46. The summed E-state index contributed by atoms with van der Waals surface area (Å²) in [6, 6.07) is 3.91. The van der Waals surface area contributed by atoms with Crippen molar-refractivity contribution in [1.29, 1.82) is 0 Å². The van der Waals surface area contributed by atoms with Gasteiger partial charge in [0.05, 0.1) is 11.7 Å². The molecule has 1 N–H and O–H groups in total. The summed E-state index contributed by atoms with van der Waals surface area (Å²) in [5.41, 5.74) is -0.151. The second kappa shape index (κ2) is 5.64. The minimum absolute atomic E-state index is 0.00110. The van der Waals surface area contributed by atoms with E-state index in [4.69, 9.17) is 14.6 Å². The van der Waals surface area contributed by atoms with Gasteiger partial charge >= 0.3 is 5.97 Å². The van der Waals surface area contributed by atoms with Crippen LogP contribution in [0.25, 0.3) is 0 Å². The number of ether oxygens (including phenoxy) is 2. The molecule has 1 aliphatic carbocycles. The number of benzene rings is 1. The molecule has 21 heavy (non-hydrogen) atoms. The van der Waals surface area contributed by atoms with E-state index in [2.05, 4.69) is 0 Å². The lowest BCUT2D eigenvalue weighted by atomic mass is 9.98. The van der Waals surface area contributed by atoms with E-state index < -0.39 is 11.8 Å². The monoisotopic (exact) mass is 294 g/mol. The van der Waals surface area contributed by atoms with Crippen LogP contribution in [0.2, 0.25) is 0 Å². The van der Waals surface area contributed by atoms with E-state index in [-0.39, 0.29) is 29.6 Å². The first-order chi connectivity index (χ1) is 10.1. The van der Waals surface area contributed by atoms with Crippen molar-refractivity contribution in [2.45, 2.75) is 50.2 Å². The standard InChI is InChI=1S/C16H19FO4/c17-13-5-3-4-12(15(18)19)14(13)20-10-11-6-9-16(21-11)7-1-2-8-16/h3-5,11H,1-2,6-10H2,(H,18,19).